The van der Waals surface area contributed by atoms with Crippen molar-refractivity contribution in [2.24, 2.45) is 10.9 Å². The molecule has 24 heavy (non-hydrogen) atoms. The van der Waals surface area contributed by atoms with Gasteiger partial charge in [-0.25, -0.2) is 0 Å². The monoisotopic (exact) mass is 447 g/mol. The first-order chi connectivity index (χ1) is 11.2. The van der Waals surface area contributed by atoms with Gasteiger partial charge in [0.15, 0.2) is 5.96 Å². The van der Waals surface area contributed by atoms with Gasteiger partial charge in [-0.05, 0) is 42.9 Å². The highest BCUT2D eigenvalue weighted by atomic mass is 127. The molecule has 0 aromatic heterocycles. The van der Waals surface area contributed by atoms with Gasteiger partial charge in [0.1, 0.15) is 5.75 Å². The van der Waals surface area contributed by atoms with Gasteiger partial charge in [-0.2, -0.15) is 0 Å². The first-order valence-corrected chi connectivity index (χ1v) is 8.35. The minimum atomic E-state index is 0. The van der Waals surface area contributed by atoms with E-state index in [2.05, 4.69) is 34.4 Å². The van der Waals surface area contributed by atoms with E-state index in [4.69, 9.17) is 9.47 Å². The molecule has 1 aromatic carbocycles. The number of nitrogens with one attached hydrogen (secondary N) is 1. The summed E-state index contributed by atoms with van der Waals surface area (Å²) in [6.07, 6.45) is 3.57. The van der Waals surface area contributed by atoms with Gasteiger partial charge in [-0.1, -0.05) is 12.1 Å². The van der Waals surface area contributed by atoms with Crippen LogP contribution in [0, 0.1) is 5.92 Å². The summed E-state index contributed by atoms with van der Waals surface area (Å²) in [6, 6.07) is 8.10. The van der Waals surface area contributed by atoms with Crippen LogP contribution in [0.15, 0.2) is 29.3 Å². The van der Waals surface area contributed by atoms with Gasteiger partial charge in [0, 0.05) is 40.4 Å². The third kappa shape index (κ3) is 6.84. The lowest BCUT2D eigenvalue weighted by molar-refractivity contribution is 0.0625. The van der Waals surface area contributed by atoms with Gasteiger partial charge in [0.2, 0.25) is 0 Å². The maximum Gasteiger partial charge on any atom is 0.193 e. The lowest BCUT2D eigenvalue weighted by atomic mass is 9.96. The molecule has 1 heterocycles. The minimum Gasteiger partial charge on any atom is -0.497 e. The van der Waals surface area contributed by atoms with Crippen LogP contribution >= 0.6 is 24.0 Å². The molecule has 1 saturated heterocycles. The van der Waals surface area contributed by atoms with E-state index < -0.39 is 0 Å². The van der Waals surface area contributed by atoms with E-state index in [9.17, 15) is 0 Å². The Morgan fingerprint density at radius 3 is 2.54 bits per heavy atom. The number of benzene rings is 1. The molecule has 6 heteroatoms. The fourth-order valence-corrected chi connectivity index (χ4v) is 2.83. The van der Waals surface area contributed by atoms with Crippen LogP contribution in [-0.2, 0) is 11.3 Å². The SMILES string of the molecule is CN=C(NCc1ccc(OC)cc1)N(C)CCC1CCOCC1.I. The Labute approximate surface area is 162 Å². The number of methoxy groups -OCH3 is 1. The van der Waals surface area contributed by atoms with E-state index in [1.165, 1.54) is 24.8 Å². The molecule has 136 valence electrons. The zero-order valence-corrected chi connectivity index (χ0v) is 17.3. The molecule has 5 nitrogen and oxygen atoms in total. The molecule has 1 aliphatic rings. The number of nitrogens with zero attached hydrogens (tertiary/aromatic N) is 2. The second-order valence-corrected chi connectivity index (χ2v) is 6.01. The Balaban J connectivity index is 0.00000288. The summed E-state index contributed by atoms with van der Waals surface area (Å²) in [6.45, 7) is 3.61. The summed E-state index contributed by atoms with van der Waals surface area (Å²) >= 11 is 0. The second-order valence-electron chi connectivity index (χ2n) is 6.01. The van der Waals surface area contributed by atoms with Crippen molar-refractivity contribution in [1.82, 2.24) is 10.2 Å². The van der Waals surface area contributed by atoms with Gasteiger partial charge < -0.3 is 19.7 Å². The number of guanidine groups is 1. The van der Waals surface area contributed by atoms with Crippen LogP contribution in [0.25, 0.3) is 0 Å². The van der Waals surface area contributed by atoms with Crippen LogP contribution in [0.3, 0.4) is 0 Å². The number of hydrogen-bond acceptors (Lipinski definition) is 3. The van der Waals surface area contributed by atoms with Crippen LogP contribution < -0.4 is 10.1 Å². The van der Waals surface area contributed by atoms with Crippen LogP contribution in [0.4, 0.5) is 0 Å². The van der Waals surface area contributed by atoms with Crippen molar-refractivity contribution in [3.05, 3.63) is 29.8 Å². The summed E-state index contributed by atoms with van der Waals surface area (Å²) in [7, 11) is 5.62. The van der Waals surface area contributed by atoms with Gasteiger partial charge in [-0.3, -0.25) is 4.99 Å². The topological polar surface area (TPSA) is 46.1 Å². The normalized spacial score (nSPS) is 15.5. The summed E-state index contributed by atoms with van der Waals surface area (Å²) in [5.41, 5.74) is 1.21. The Morgan fingerprint density at radius 1 is 1.29 bits per heavy atom. The molecule has 1 N–H and O–H groups in total. The van der Waals surface area contributed by atoms with E-state index in [1.54, 1.807) is 7.11 Å². The lowest BCUT2D eigenvalue weighted by Crippen LogP contribution is -2.39. The van der Waals surface area contributed by atoms with Crippen molar-refractivity contribution in [3.8, 4) is 5.75 Å². The molecular formula is C18H30IN3O2. The van der Waals surface area contributed by atoms with Crippen molar-refractivity contribution in [2.75, 3.05) is 41.0 Å². The standard InChI is InChI=1S/C18H29N3O2.HI/c1-19-18(20-14-16-4-6-17(22-3)7-5-16)21(2)11-8-15-9-12-23-13-10-15;/h4-7,15H,8-14H2,1-3H3,(H,19,20);1H. The fourth-order valence-electron chi connectivity index (χ4n) is 2.83. The average Bonchev–Trinajstić information content (AvgIpc) is 2.62. The van der Waals surface area contributed by atoms with E-state index >= 15 is 0 Å². The highest BCUT2D eigenvalue weighted by Crippen LogP contribution is 2.18. The smallest absolute Gasteiger partial charge is 0.193 e. The van der Waals surface area contributed by atoms with Gasteiger partial charge in [0.05, 0.1) is 7.11 Å². The largest absolute Gasteiger partial charge is 0.497 e. The molecule has 0 saturated carbocycles. The molecule has 0 unspecified atom stereocenters. The Bertz CT molecular complexity index is 488. The summed E-state index contributed by atoms with van der Waals surface area (Å²) in [5, 5.41) is 3.42. The van der Waals surface area contributed by atoms with Crippen molar-refractivity contribution in [2.45, 2.75) is 25.8 Å². The molecule has 0 amide bonds. The van der Waals surface area contributed by atoms with Crippen molar-refractivity contribution in [3.63, 3.8) is 0 Å². The molecule has 0 aliphatic carbocycles. The van der Waals surface area contributed by atoms with Gasteiger partial charge >= 0.3 is 0 Å². The van der Waals surface area contributed by atoms with Crippen LogP contribution in [-0.4, -0.2) is 51.8 Å². The molecule has 1 aromatic rings. The highest BCUT2D eigenvalue weighted by molar-refractivity contribution is 14.0. The van der Waals surface area contributed by atoms with Gasteiger partial charge in [0.25, 0.3) is 0 Å². The summed E-state index contributed by atoms with van der Waals surface area (Å²) < 4.78 is 10.6. The number of rotatable bonds is 6. The first kappa shape index (κ1) is 21.0. The third-order valence-electron chi connectivity index (χ3n) is 4.40. The van der Waals surface area contributed by atoms with Crippen LogP contribution in [0.1, 0.15) is 24.8 Å². The molecule has 0 bridgehead atoms. The first-order valence-electron chi connectivity index (χ1n) is 8.35. The zero-order valence-electron chi connectivity index (χ0n) is 15.0. The van der Waals surface area contributed by atoms with Crippen LogP contribution in [0.5, 0.6) is 5.75 Å². The van der Waals surface area contributed by atoms with E-state index in [0.717, 1.165) is 43.9 Å². The van der Waals surface area contributed by atoms with E-state index in [1.807, 2.05) is 19.2 Å². The Hall–Kier alpha value is -1.02. The van der Waals surface area contributed by atoms with Crippen LogP contribution in [0.2, 0.25) is 0 Å². The van der Waals surface area contributed by atoms with E-state index in [0.29, 0.717) is 0 Å². The summed E-state index contributed by atoms with van der Waals surface area (Å²) in [5.74, 6) is 2.60. The third-order valence-corrected chi connectivity index (χ3v) is 4.40. The predicted molar refractivity (Wildman–Crippen MR) is 109 cm³/mol. The average molecular weight is 447 g/mol. The Morgan fingerprint density at radius 2 is 1.96 bits per heavy atom. The molecule has 0 spiro atoms. The minimum absolute atomic E-state index is 0. The van der Waals surface area contributed by atoms with Gasteiger partial charge in [-0.15, -0.1) is 24.0 Å². The molecule has 2 rings (SSSR count). The van der Waals surface area contributed by atoms with Crippen molar-refractivity contribution >= 4 is 29.9 Å². The molecule has 0 radical (unpaired) electrons. The maximum atomic E-state index is 5.42. The second kappa shape index (κ2) is 11.5. The van der Waals surface area contributed by atoms with Crippen molar-refractivity contribution < 1.29 is 9.47 Å². The number of ether oxygens (including phenoxy) is 2. The summed E-state index contributed by atoms with van der Waals surface area (Å²) in [4.78, 5) is 6.59. The number of halogens is 1. The van der Waals surface area contributed by atoms with E-state index in [-0.39, 0.29) is 24.0 Å². The fraction of sp³-hybridized carbons (Fsp3) is 0.611. The lowest BCUT2D eigenvalue weighted by Gasteiger charge is -2.26. The number of hydrogen-bond donors (Lipinski definition) is 1. The molecule has 1 aliphatic heterocycles. The maximum absolute atomic E-state index is 5.42. The number of aliphatic imine (C=N–C) groups is 1. The molecule has 0 atom stereocenters. The zero-order chi connectivity index (χ0) is 16.5. The quantitative estimate of drug-likeness (QED) is 0.414. The predicted octanol–water partition coefficient (Wildman–Crippen LogP) is 3.14. The Kier molecular flexibility index (Phi) is 10.1. The molecular weight excluding hydrogens is 417 g/mol. The van der Waals surface area contributed by atoms with Crippen molar-refractivity contribution in [1.29, 1.82) is 0 Å². The molecule has 1 fully saturated rings. The highest BCUT2D eigenvalue weighted by Gasteiger charge is 2.15.